The lowest BCUT2D eigenvalue weighted by Crippen LogP contribution is -2.14. The normalized spacial score (nSPS) is 13.2. The molecule has 8 heteroatoms. The van der Waals surface area contributed by atoms with Crippen molar-refractivity contribution in [2.75, 3.05) is 6.26 Å². The number of rotatable bonds is 4. The average Bonchev–Trinajstić information content (AvgIpc) is 2.94. The standard InChI is InChI=1S/C16H21NO4S3/c1-16(2,3)11-7-13(23(4,18)19)9-14(8-11)24(20,21)15-6-5-12(10-17)22-15/h5-9H,10,17H2,1-4H3. The molecule has 1 aromatic carbocycles. The summed E-state index contributed by atoms with van der Waals surface area (Å²) in [5.74, 6) is 0. The number of benzene rings is 1. The van der Waals surface area contributed by atoms with Crippen molar-refractivity contribution in [2.45, 2.75) is 46.7 Å². The highest BCUT2D eigenvalue weighted by atomic mass is 32.2. The first-order valence-corrected chi connectivity index (χ1v) is 11.4. The zero-order chi connectivity index (χ0) is 18.3. The summed E-state index contributed by atoms with van der Waals surface area (Å²) < 4.78 is 49.9. The molecule has 0 fully saturated rings. The SMILES string of the molecule is CC(C)(C)c1cc(S(C)(=O)=O)cc(S(=O)(=O)c2ccc(CN)s2)c1. The fourth-order valence-electron chi connectivity index (χ4n) is 2.10. The highest BCUT2D eigenvalue weighted by Gasteiger charge is 2.25. The van der Waals surface area contributed by atoms with Gasteiger partial charge in [-0.1, -0.05) is 20.8 Å². The molecule has 2 rings (SSSR count). The molecule has 0 aliphatic heterocycles. The van der Waals surface area contributed by atoms with E-state index >= 15 is 0 Å². The smallest absolute Gasteiger partial charge is 0.216 e. The van der Waals surface area contributed by atoms with Crippen molar-refractivity contribution in [3.05, 3.63) is 40.8 Å². The molecule has 0 saturated carbocycles. The Morgan fingerprint density at radius 2 is 1.58 bits per heavy atom. The predicted octanol–water partition coefficient (Wildman–Crippen LogP) is 2.74. The van der Waals surface area contributed by atoms with E-state index in [1.165, 1.54) is 18.2 Å². The van der Waals surface area contributed by atoms with Crippen LogP contribution in [0.3, 0.4) is 0 Å². The van der Waals surface area contributed by atoms with Gasteiger partial charge in [-0.3, -0.25) is 0 Å². The highest BCUT2D eigenvalue weighted by molar-refractivity contribution is 7.93. The quantitative estimate of drug-likeness (QED) is 0.870. The first-order valence-electron chi connectivity index (χ1n) is 7.25. The summed E-state index contributed by atoms with van der Waals surface area (Å²) in [6.45, 7) is 5.98. The lowest BCUT2D eigenvalue weighted by molar-refractivity contribution is 0.579. The van der Waals surface area contributed by atoms with Crippen LogP contribution in [0.25, 0.3) is 0 Å². The molecule has 1 heterocycles. The molecule has 5 nitrogen and oxygen atoms in total. The van der Waals surface area contributed by atoms with Crippen molar-refractivity contribution in [1.29, 1.82) is 0 Å². The second-order valence-corrected chi connectivity index (χ2v) is 12.0. The molecule has 2 aromatic rings. The number of nitrogens with two attached hydrogens (primary N) is 1. The van der Waals surface area contributed by atoms with Gasteiger partial charge < -0.3 is 5.73 Å². The Morgan fingerprint density at radius 3 is 2.04 bits per heavy atom. The summed E-state index contributed by atoms with van der Waals surface area (Å²) in [7, 11) is -7.33. The van der Waals surface area contributed by atoms with E-state index in [-0.39, 0.29) is 26.0 Å². The molecule has 0 spiro atoms. The van der Waals surface area contributed by atoms with Crippen LogP contribution >= 0.6 is 11.3 Å². The third kappa shape index (κ3) is 3.88. The molecular weight excluding hydrogens is 366 g/mol. The first kappa shape index (κ1) is 19.1. The molecule has 24 heavy (non-hydrogen) atoms. The third-order valence-electron chi connectivity index (χ3n) is 3.59. The van der Waals surface area contributed by atoms with Crippen LogP contribution in [-0.4, -0.2) is 23.1 Å². The molecule has 0 aliphatic carbocycles. The van der Waals surface area contributed by atoms with Crippen LogP contribution in [0.1, 0.15) is 31.2 Å². The van der Waals surface area contributed by atoms with Crippen LogP contribution in [0.15, 0.2) is 44.3 Å². The minimum atomic E-state index is -3.80. The summed E-state index contributed by atoms with van der Waals surface area (Å²) in [5.41, 5.74) is 5.81. The van der Waals surface area contributed by atoms with Gasteiger partial charge in [-0.25, -0.2) is 16.8 Å². The largest absolute Gasteiger partial charge is 0.326 e. The van der Waals surface area contributed by atoms with Gasteiger partial charge in [-0.05, 0) is 41.3 Å². The minimum Gasteiger partial charge on any atom is -0.326 e. The van der Waals surface area contributed by atoms with Crippen LogP contribution in [-0.2, 0) is 31.6 Å². The van der Waals surface area contributed by atoms with Gasteiger partial charge in [0.1, 0.15) is 4.21 Å². The maximum atomic E-state index is 12.9. The molecule has 2 N–H and O–H groups in total. The second kappa shape index (κ2) is 6.25. The number of hydrogen-bond donors (Lipinski definition) is 1. The van der Waals surface area contributed by atoms with Crippen molar-refractivity contribution >= 4 is 31.0 Å². The summed E-state index contributed by atoms with van der Waals surface area (Å²) >= 11 is 1.10. The van der Waals surface area contributed by atoms with E-state index < -0.39 is 19.7 Å². The maximum Gasteiger partial charge on any atom is 0.216 e. The molecular formula is C16H21NO4S3. The highest BCUT2D eigenvalue weighted by Crippen LogP contribution is 2.33. The van der Waals surface area contributed by atoms with Gasteiger partial charge in [0.05, 0.1) is 9.79 Å². The number of thiophene rings is 1. The topological polar surface area (TPSA) is 94.3 Å². The molecule has 0 atom stereocenters. The van der Waals surface area contributed by atoms with Crippen molar-refractivity contribution in [3.8, 4) is 0 Å². The lowest BCUT2D eigenvalue weighted by Gasteiger charge is -2.21. The van der Waals surface area contributed by atoms with E-state index in [0.29, 0.717) is 5.56 Å². The predicted molar refractivity (Wildman–Crippen MR) is 95.9 cm³/mol. The molecule has 1 aromatic heterocycles. The van der Waals surface area contributed by atoms with Crippen LogP contribution < -0.4 is 5.73 Å². The molecule has 0 amide bonds. The number of sulfone groups is 2. The van der Waals surface area contributed by atoms with Crippen LogP contribution in [0.5, 0.6) is 0 Å². The van der Waals surface area contributed by atoms with Crippen molar-refractivity contribution in [2.24, 2.45) is 5.73 Å². The molecule has 0 unspecified atom stereocenters. The van der Waals surface area contributed by atoms with Gasteiger partial charge in [0.25, 0.3) is 0 Å². The third-order valence-corrected chi connectivity index (χ3v) is 8.01. The Labute approximate surface area is 147 Å². The zero-order valence-corrected chi connectivity index (χ0v) is 16.5. The van der Waals surface area contributed by atoms with E-state index in [9.17, 15) is 16.8 Å². The van der Waals surface area contributed by atoms with Gasteiger partial charge in [0.15, 0.2) is 9.84 Å². The monoisotopic (exact) mass is 387 g/mol. The van der Waals surface area contributed by atoms with Crippen LogP contribution in [0, 0.1) is 0 Å². The van der Waals surface area contributed by atoms with E-state index in [4.69, 9.17) is 5.73 Å². The van der Waals surface area contributed by atoms with Crippen LogP contribution in [0.4, 0.5) is 0 Å². The number of hydrogen-bond acceptors (Lipinski definition) is 6. The lowest BCUT2D eigenvalue weighted by atomic mass is 9.87. The van der Waals surface area contributed by atoms with Gasteiger partial charge in [0, 0.05) is 17.7 Å². The fraction of sp³-hybridized carbons (Fsp3) is 0.375. The van der Waals surface area contributed by atoms with Gasteiger partial charge in [-0.2, -0.15) is 0 Å². The Morgan fingerprint density at radius 1 is 1.00 bits per heavy atom. The Balaban J connectivity index is 2.73. The molecule has 0 saturated heterocycles. The van der Waals surface area contributed by atoms with Gasteiger partial charge in [-0.15, -0.1) is 11.3 Å². The molecule has 0 radical (unpaired) electrons. The van der Waals surface area contributed by atoms with E-state index in [2.05, 4.69) is 0 Å². The summed E-state index contributed by atoms with van der Waals surface area (Å²) in [6.07, 6.45) is 1.07. The molecule has 0 bridgehead atoms. The van der Waals surface area contributed by atoms with Crippen molar-refractivity contribution in [3.63, 3.8) is 0 Å². The summed E-state index contributed by atoms with van der Waals surface area (Å²) in [5, 5.41) is 0. The minimum absolute atomic E-state index is 0.00380. The maximum absolute atomic E-state index is 12.9. The average molecular weight is 388 g/mol. The van der Waals surface area contributed by atoms with E-state index in [0.717, 1.165) is 22.5 Å². The zero-order valence-electron chi connectivity index (χ0n) is 14.0. The molecule has 132 valence electrons. The Bertz CT molecular complexity index is 965. The van der Waals surface area contributed by atoms with Crippen molar-refractivity contribution in [1.82, 2.24) is 0 Å². The first-order chi connectivity index (χ1) is 10.9. The van der Waals surface area contributed by atoms with Crippen LogP contribution in [0.2, 0.25) is 0 Å². The van der Waals surface area contributed by atoms with Crippen molar-refractivity contribution < 1.29 is 16.8 Å². The van der Waals surface area contributed by atoms with Gasteiger partial charge in [0.2, 0.25) is 9.84 Å². The Kier molecular flexibility index (Phi) is 4.98. The van der Waals surface area contributed by atoms with E-state index in [1.54, 1.807) is 12.1 Å². The second-order valence-electron chi connectivity index (χ2n) is 6.64. The van der Waals surface area contributed by atoms with Gasteiger partial charge >= 0.3 is 0 Å². The summed E-state index contributed by atoms with van der Waals surface area (Å²) in [4.78, 5) is 0.744. The Hall–Kier alpha value is -1.22. The molecule has 0 aliphatic rings. The van der Waals surface area contributed by atoms with E-state index in [1.807, 2.05) is 20.8 Å². The summed E-state index contributed by atoms with van der Waals surface area (Å²) in [6, 6.07) is 7.48. The fourth-order valence-corrected chi connectivity index (χ4v) is 5.57.